The summed E-state index contributed by atoms with van der Waals surface area (Å²) in [6, 6.07) is 46.9. The number of anilines is 3. The van der Waals surface area contributed by atoms with Gasteiger partial charge in [-0.25, -0.2) is 0 Å². The minimum Gasteiger partial charge on any atom is -0.310 e. The quantitative estimate of drug-likeness (QED) is 0.164. The number of benzene rings is 5. The lowest BCUT2D eigenvalue weighted by Gasteiger charge is -2.35. The van der Waals surface area contributed by atoms with Crippen molar-refractivity contribution in [3.63, 3.8) is 0 Å². The molecule has 0 saturated heterocycles. The van der Waals surface area contributed by atoms with Crippen LogP contribution in [0, 0.1) is 17.8 Å². The molecule has 0 aromatic heterocycles. The maximum Gasteiger partial charge on any atom is 0.0540 e. The number of rotatable bonds is 7. The third-order valence-corrected chi connectivity index (χ3v) is 14.3. The lowest BCUT2D eigenvalue weighted by molar-refractivity contribution is 0.407. The van der Waals surface area contributed by atoms with Gasteiger partial charge < -0.3 is 4.90 Å². The Balaban J connectivity index is 1.10. The van der Waals surface area contributed by atoms with Crippen LogP contribution in [0.3, 0.4) is 0 Å². The summed E-state index contributed by atoms with van der Waals surface area (Å²) in [5.41, 5.74) is 15.3. The van der Waals surface area contributed by atoms with Gasteiger partial charge in [-0.15, -0.1) is 0 Å². The molecule has 0 spiro atoms. The number of hydrogen-bond acceptors (Lipinski definition) is 1. The van der Waals surface area contributed by atoms with Crippen molar-refractivity contribution in [2.75, 3.05) is 4.90 Å². The van der Waals surface area contributed by atoms with Crippen molar-refractivity contribution in [3.05, 3.63) is 167 Å². The molecule has 266 valence electrons. The van der Waals surface area contributed by atoms with Gasteiger partial charge in [0.2, 0.25) is 0 Å². The summed E-state index contributed by atoms with van der Waals surface area (Å²) in [7, 11) is 0. The summed E-state index contributed by atoms with van der Waals surface area (Å²) in [4.78, 5) is 2.58. The molecule has 1 heteroatoms. The molecular formula is C52H53N. The molecule has 5 unspecified atom stereocenters. The lowest BCUT2D eigenvalue weighted by Crippen LogP contribution is -2.28. The van der Waals surface area contributed by atoms with E-state index in [2.05, 4.69) is 158 Å². The third-order valence-electron chi connectivity index (χ3n) is 14.3. The Morgan fingerprint density at radius 2 is 1.36 bits per heavy atom. The first-order chi connectivity index (χ1) is 26.0. The van der Waals surface area contributed by atoms with Gasteiger partial charge in [0.25, 0.3) is 0 Å². The molecule has 5 aliphatic carbocycles. The maximum atomic E-state index is 2.58. The van der Waals surface area contributed by atoms with Gasteiger partial charge in [-0.1, -0.05) is 149 Å². The van der Waals surface area contributed by atoms with Crippen LogP contribution in [0.2, 0.25) is 0 Å². The predicted octanol–water partition coefficient (Wildman–Crippen LogP) is 14.4. The van der Waals surface area contributed by atoms with Crippen molar-refractivity contribution in [1.29, 1.82) is 0 Å². The first-order valence-corrected chi connectivity index (χ1v) is 20.7. The van der Waals surface area contributed by atoms with Crippen LogP contribution >= 0.6 is 0 Å². The molecule has 53 heavy (non-hydrogen) atoms. The number of fused-ring (bicyclic) bond motifs is 5. The summed E-state index contributed by atoms with van der Waals surface area (Å²) in [6.07, 6.45) is 19.4. The summed E-state index contributed by atoms with van der Waals surface area (Å²) >= 11 is 0. The Morgan fingerprint density at radius 1 is 0.623 bits per heavy atom. The van der Waals surface area contributed by atoms with Crippen LogP contribution in [-0.4, -0.2) is 0 Å². The molecule has 0 N–H and O–H groups in total. The molecule has 5 aliphatic rings. The van der Waals surface area contributed by atoms with Crippen LogP contribution in [0.15, 0.2) is 140 Å². The van der Waals surface area contributed by atoms with Gasteiger partial charge in [0.05, 0.1) is 5.69 Å². The highest BCUT2D eigenvalue weighted by molar-refractivity contribution is 5.90. The van der Waals surface area contributed by atoms with Gasteiger partial charge in [0.15, 0.2) is 0 Å². The third kappa shape index (κ3) is 5.65. The van der Waals surface area contributed by atoms with E-state index in [4.69, 9.17) is 0 Å². The standard InChI is InChI=1S/C52H53N/c1-52(2)49-34-41(30-31-45(49)47-22-13-21-43(51(47)52)37-16-7-4-8-17-37)53(40-28-26-38(27-29-40)48-33-35-24-25-39(48)32-35)50-23-12-11-20-46(50)44-19-10-9-18-42(44)36-14-5-3-6-15-36/h4,7-13,16-23,26-31,34-36,39,47-48,51H,3,5-6,14-15,24-25,32-33H2,1-2H3. The fourth-order valence-corrected chi connectivity index (χ4v) is 11.8. The van der Waals surface area contributed by atoms with Crippen molar-refractivity contribution in [2.45, 2.75) is 94.8 Å². The molecule has 5 atom stereocenters. The van der Waals surface area contributed by atoms with Crippen LogP contribution in [-0.2, 0) is 5.41 Å². The predicted molar refractivity (Wildman–Crippen MR) is 223 cm³/mol. The highest BCUT2D eigenvalue weighted by Crippen LogP contribution is 2.59. The molecule has 0 heterocycles. The summed E-state index contributed by atoms with van der Waals surface area (Å²) in [5, 5.41) is 0. The Labute approximate surface area is 317 Å². The fourth-order valence-electron chi connectivity index (χ4n) is 11.8. The van der Waals surface area contributed by atoms with E-state index in [-0.39, 0.29) is 5.41 Å². The molecule has 3 fully saturated rings. The van der Waals surface area contributed by atoms with Gasteiger partial charge in [-0.05, 0) is 130 Å². The number of allylic oxidation sites excluding steroid dienone is 4. The Hall–Kier alpha value is -4.62. The summed E-state index contributed by atoms with van der Waals surface area (Å²) in [5.74, 6) is 3.96. The van der Waals surface area contributed by atoms with Crippen molar-refractivity contribution in [3.8, 4) is 11.1 Å². The van der Waals surface area contributed by atoms with E-state index in [9.17, 15) is 0 Å². The first-order valence-electron chi connectivity index (χ1n) is 20.7. The monoisotopic (exact) mass is 691 g/mol. The minimum absolute atomic E-state index is 0.0349. The molecule has 3 saturated carbocycles. The zero-order chi connectivity index (χ0) is 35.5. The average molecular weight is 692 g/mol. The van der Waals surface area contributed by atoms with E-state index < -0.39 is 0 Å². The Morgan fingerprint density at radius 3 is 2.13 bits per heavy atom. The molecule has 0 amide bonds. The minimum atomic E-state index is -0.0349. The largest absolute Gasteiger partial charge is 0.310 e. The highest BCUT2D eigenvalue weighted by Gasteiger charge is 2.48. The van der Waals surface area contributed by atoms with Gasteiger partial charge in [-0.2, -0.15) is 0 Å². The van der Waals surface area contributed by atoms with Gasteiger partial charge >= 0.3 is 0 Å². The van der Waals surface area contributed by atoms with Crippen molar-refractivity contribution in [2.24, 2.45) is 17.8 Å². The average Bonchev–Trinajstić information content (AvgIpc) is 3.92. The molecule has 0 aliphatic heterocycles. The summed E-state index contributed by atoms with van der Waals surface area (Å²) in [6.45, 7) is 4.97. The number of nitrogens with zero attached hydrogens (tertiary/aromatic N) is 1. The number of hydrogen-bond donors (Lipinski definition) is 0. The van der Waals surface area contributed by atoms with E-state index in [0.717, 1.165) is 17.8 Å². The molecule has 2 bridgehead atoms. The molecule has 0 radical (unpaired) electrons. The SMILES string of the molecule is CC1(C)c2cc(N(c3ccc(C4CC5CCC4C5)cc3)c3ccccc3-c3ccccc3C3CCCCC3)ccc2C2C=CC=C(c3ccccc3)C21. The van der Waals surface area contributed by atoms with E-state index >= 15 is 0 Å². The topological polar surface area (TPSA) is 3.24 Å². The van der Waals surface area contributed by atoms with Crippen LogP contribution in [0.1, 0.15) is 117 Å². The smallest absolute Gasteiger partial charge is 0.0540 e. The lowest BCUT2D eigenvalue weighted by atomic mass is 9.68. The van der Waals surface area contributed by atoms with Crippen molar-refractivity contribution < 1.29 is 0 Å². The van der Waals surface area contributed by atoms with Crippen molar-refractivity contribution >= 4 is 22.6 Å². The molecule has 5 aromatic rings. The molecule has 5 aromatic carbocycles. The zero-order valence-corrected chi connectivity index (χ0v) is 31.6. The van der Waals surface area contributed by atoms with Crippen LogP contribution in [0.4, 0.5) is 17.1 Å². The van der Waals surface area contributed by atoms with Crippen LogP contribution in [0.5, 0.6) is 0 Å². The number of para-hydroxylation sites is 1. The first kappa shape index (κ1) is 33.0. The van der Waals surface area contributed by atoms with Crippen molar-refractivity contribution in [1.82, 2.24) is 0 Å². The molecule has 10 rings (SSSR count). The van der Waals surface area contributed by atoms with E-state index in [1.54, 1.807) is 5.56 Å². The van der Waals surface area contributed by atoms with E-state index in [1.807, 2.05) is 0 Å². The Bertz CT molecular complexity index is 2180. The second-order valence-electron chi connectivity index (χ2n) is 17.5. The second-order valence-corrected chi connectivity index (χ2v) is 17.5. The van der Waals surface area contributed by atoms with Gasteiger partial charge in [0.1, 0.15) is 0 Å². The second kappa shape index (κ2) is 13.3. The summed E-state index contributed by atoms with van der Waals surface area (Å²) < 4.78 is 0. The molecule has 1 nitrogen and oxygen atoms in total. The van der Waals surface area contributed by atoms with E-state index in [1.165, 1.54) is 114 Å². The van der Waals surface area contributed by atoms with Gasteiger partial charge in [0, 0.05) is 28.8 Å². The Kier molecular flexibility index (Phi) is 8.31. The normalized spacial score (nSPS) is 25.5. The highest BCUT2D eigenvalue weighted by atomic mass is 15.1. The van der Waals surface area contributed by atoms with E-state index in [0.29, 0.717) is 17.8 Å². The fraction of sp³-hybridized carbons (Fsp3) is 0.346. The van der Waals surface area contributed by atoms with Gasteiger partial charge in [-0.3, -0.25) is 0 Å². The zero-order valence-electron chi connectivity index (χ0n) is 31.6. The van der Waals surface area contributed by atoms with Crippen LogP contribution < -0.4 is 4.90 Å². The van der Waals surface area contributed by atoms with Crippen LogP contribution in [0.25, 0.3) is 16.7 Å². The maximum absolute atomic E-state index is 2.58. The molecular weight excluding hydrogens is 639 g/mol.